The van der Waals surface area contributed by atoms with Gasteiger partial charge in [0.2, 0.25) is 11.8 Å². The quantitative estimate of drug-likeness (QED) is 0.238. The van der Waals surface area contributed by atoms with Gasteiger partial charge >= 0.3 is 0 Å². The lowest BCUT2D eigenvalue weighted by Crippen LogP contribution is -2.52. The molecule has 0 fully saturated rings. The van der Waals surface area contributed by atoms with Crippen LogP contribution in [0.15, 0.2) is 72.8 Å². The fourth-order valence-electron chi connectivity index (χ4n) is 3.95. The average molecular weight is 542 g/mol. The van der Waals surface area contributed by atoms with Crippen LogP contribution in [0.1, 0.15) is 37.0 Å². The molecule has 0 saturated carbocycles. The average Bonchev–Trinajstić information content (AvgIpc) is 2.88. The highest BCUT2D eigenvalue weighted by atomic mass is 35.5. The third-order valence-electron chi connectivity index (χ3n) is 6.19. The normalized spacial score (nSPS) is 12.4. The first-order valence-electron chi connectivity index (χ1n) is 12.0. The highest BCUT2D eigenvalue weighted by Gasteiger charge is 2.32. The molecule has 0 unspecified atom stereocenters. The summed E-state index contributed by atoms with van der Waals surface area (Å²) in [6, 6.07) is 19.5. The van der Waals surface area contributed by atoms with Gasteiger partial charge in [0.25, 0.3) is 5.69 Å². The second kappa shape index (κ2) is 13.2. The second-order valence-corrected chi connectivity index (χ2v) is 9.62. The topological polar surface area (TPSA) is 92.6 Å². The smallest absolute Gasteiger partial charge is 0.273 e. The number of nitrogens with zero attached hydrogens (tertiary/aromatic N) is 2. The van der Waals surface area contributed by atoms with Crippen LogP contribution in [0.4, 0.5) is 5.69 Å². The molecule has 0 aliphatic carbocycles. The van der Waals surface area contributed by atoms with Crippen molar-refractivity contribution < 1.29 is 14.5 Å². The molecule has 0 bridgehead atoms. The number of halogens is 2. The molecule has 0 aliphatic rings. The van der Waals surface area contributed by atoms with Crippen LogP contribution in [0.2, 0.25) is 10.0 Å². The minimum absolute atomic E-state index is 0.0383. The summed E-state index contributed by atoms with van der Waals surface area (Å²) in [6.07, 6.45) is 0.694. The molecular weight excluding hydrogens is 513 g/mol. The fraction of sp³-hybridized carbons (Fsp3) is 0.286. The highest BCUT2D eigenvalue weighted by molar-refractivity contribution is 6.36. The summed E-state index contributed by atoms with van der Waals surface area (Å²) in [7, 11) is 0. The molecule has 7 nitrogen and oxygen atoms in total. The molecule has 2 amide bonds. The molecule has 0 aliphatic heterocycles. The van der Waals surface area contributed by atoms with E-state index in [0.29, 0.717) is 22.0 Å². The lowest BCUT2D eigenvalue weighted by Gasteiger charge is -2.33. The lowest BCUT2D eigenvalue weighted by atomic mass is 10.0. The van der Waals surface area contributed by atoms with Crippen LogP contribution in [0, 0.1) is 10.1 Å². The molecule has 3 aromatic rings. The van der Waals surface area contributed by atoms with Gasteiger partial charge in [-0.25, -0.2) is 0 Å². The van der Waals surface area contributed by atoms with Gasteiger partial charge in [-0.15, -0.1) is 0 Å². The number of hydrogen-bond acceptors (Lipinski definition) is 4. The molecule has 1 N–H and O–H groups in total. The first-order chi connectivity index (χ1) is 17.7. The molecule has 0 spiro atoms. The van der Waals surface area contributed by atoms with Crippen molar-refractivity contribution in [1.82, 2.24) is 10.2 Å². The van der Waals surface area contributed by atoms with Gasteiger partial charge in [0.05, 0.1) is 11.3 Å². The first-order valence-corrected chi connectivity index (χ1v) is 12.8. The Morgan fingerprint density at radius 2 is 1.59 bits per heavy atom. The summed E-state index contributed by atoms with van der Waals surface area (Å²) in [5.41, 5.74) is 1.46. The second-order valence-electron chi connectivity index (χ2n) is 8.81. The van der Waals surface area contributed by atoms with Crippen molar-refractivity contribution in [1.29, 1.82) is 0 Å². The number of nitrogens with one attached hydrogen (secondary N) is 1. The van der Waals surface area contributed by atoms with Gasteiger partial charge < -0.3 is 10.2 Å². The highest BCUT2D eigenvalue weighted by Crippen LogP contribution is 2.28. The Labute approximate surface area is 226 Å². The predicted molar refractivity (Wildman–Crippen MR) is 146 cm³/mol. The molecule has 3 aromatic carbocycles. The van der Waals surface area contributed by atoms with E-state index in [-0.39, 0.29) is 42.6 Å². The van der Waals surface area contributed by atoms with Crippen LogP contribution >= 0.6 is 23.2 Å². The van der Waals surface area contributed by atoms with Crippen molar-refractivity contribution in [2.24, 2.45) is 0 Å². The summed E-state index contributed by atoms with van der Waals surface area (Å²) >= 11 is 12.9. The minimum atomic E-state index is -0.904. The zero-order chi connectivity index (χ0) is 26.9. The van der Waals surface area contributed by atoms with E-state index in [2.05, 4.69) is 5.32 Å². The number of nitro groups is 1. The van der Waals surface area contributed by atoms with E-state index >= 15 is 0 Å². The molecule has 9 heteroatoms. The summed E-state index contributed by atoms with van der Waals surface area (Å²) in [4.78, 5) is 39.9. The lowest BCUT2D eigenvalue weighted by molar-refractivity contribution is -0.385. The van der Waals surface area contributed by atoms with Crippen molar-refractivity contribution in [3.05, 3.63) is 110 Å². The van der Waals surface area contributed by atoms with Crippen LogP contribution in [0.5, 0.6) is 0 Å². The van der Waals surface area contributed by atoms with Crippen LogP contribution in [0.3, 0.4) is 0 Å². The van der Waals surface area contributed by atoms with Crippen LogP contribution in [-0.2, 0) is 29.0 Å². The first kappa shape index (κ1) is 28.2. The standard InChI is InChI=1S/C28H29Cl2N3O4/c1-3-19(2)31-28(35)26(16-20-10-5-4-6-11-20)32(18-22-23(29)13-9-14-24(22)30)27(34)17-21-12-7-8-15-25(21)33(36)37/h4-15,19,26H,3,16-18H2,1-2H3,(H,31,35)/t19-,26-/m0/s1. The number of para-hydroxylation sites is 1. The van der Waals surface area contributed by atoms with Crippen molar-refractivity contribution in [2.45, 2.75) is 51.7 Å². The number of amides is 2. The Hall–Kier alpha value is -3.42. The SMILES string of the molecule is CC[C@H](C)NC(=O)[C@H](Cc1ccccc1)N(Cc1c(Cl)cccc1Cl)C(=O)Cc1ccccc1[N+](=O)[O-]. The van der Waals surface area contributed by atoms with E-state index < -0.39 is 16.9 Å². The van der Waals surface area contributed by atoms with E-state index in [0.717, 1.165) is 5.56 Å². The predicted octanol–water partition coefficient (Wildman–Crippen LogP) is 6.00. The van der Waals surface area contributed by atoms with E-state index in [4.69, 9.17) is 23.2 Å². The zero-order valence-electron chi connectivity index (χ0n) is 20.7. The molecule has 0 saturated heterocycles. The number of carbonyl (C=O) groups excluding carboxylic acids is 2. The molecule has 37 heavy (non-hydrogen) atoms. The van der Waals surface area contributed by atoms with Crippen LogP contribution in [-0.4, -0.2) is 33.7 Å². The number of carbonyl (C=O) groups is 2. The van der Waals surface area contributed by atoms with E-state index in [9.17, 15) is 19.7 Å². The summed E-state index contributed by atoms with van der Waals surface area (Å²) in [6.45, 7) is 3.81. The van der Waals surface area contributed by atoms with Gasteiger partial charge in [-0.3, -0.25) is 19.7 Å². The molecule has 0 radical (unpaired) electrons. The maximum Gasteiger partial charge on any atom is 0.273 e. The Morgan fingerprint density at radius 1 is 0.973 bits per heavy atom. The van der Waals surface area contributed by atoms with Gasteiger partial charge in [0.15, 0.2) is 0 Å². The molecule has 2 atom stereocenters. The molecular formula is C28H29Cl2N3O4. The van der Waals surface area contributed by atoms with Gasteiger partial charge in [-0.1, -0.05) is 84.7 Å². The molecule has 194 valence electrons. The van der Waals surface area contributed by atoms with E-state index in [1.54, 1.807) is 36.4 Å². The van der Waals surface area contributed by atoms with Crippen molar-refractivity contribution in [2.75, 3.05) is 0 Å². The third-order valence-corrected chi connectivity index (χ3v) is 6.90. The molecule has 0 heterocycles. The monoisotopic (exact) mass is 541 g/mol. The van der Waals surface area contributed by atoms with E-state index in [1.165, 1.54) is 11.0 Å². The Balaban J connectivity index is 2.07. The maximum atomic E-state index is 13.8. The molecule has 3 rings (SSSR count). The Kier molecular flexibility index (Phi) is 10.1. The minimum Gasteiger partial charge on any atom is -0.352 e. The summed E-state index contributed by atoms with van der Waals surface area (Å²) < 4.78 is 0. The summed E-state index contributed by atoms with van der Waals surface area (Å²) in [5, 5.41) is 15.3. The fourth-order valence-corrected chi connectivity index (χ4v) is 4.47. The molecule has 0 aromatic heterocycles. The number of nitro benzene ring substituents is 1. The van der Waals surface area contributed by atoms with Crippen LogP contribution < -0.4 is 5.32 Å². The van der Waals surface area contributed by atoms with Gasteiger partial charge in [0, 0.05) is 46.2 Å². The van der Waals surface area contributed by atoms with Gasteiger partial charge in [-0.2, -0.15) is 0 Å². The summed E-state index contributed by atoms with van der Waals surface area (Å²) in [5.74, 6) is -0.775. The maximum absolute atomic E-state index is 13.8. The van der Waals surface area contributed by atoms with Crippen molar-refractivity contribution >= 4 is 40.7 Å². The van der Waals surface area contributed by atoms with Gasteiger partial charge in [0.1, 0.15) is 6.04 Å². The Morgan fingerprint density at radius 3 is 2.22 bits per heavy atom. The number of hydrogen-bond donors (Lipinski definition) is 1. The van der Waals surface area contributed by atoms with Gasteiger partial charge in [-0.05, 0) is 31.0 Å². The largest absolute Gasteiger partial charge is 0.352 e. The van der Waals surface area contributed by atoms with Crippen molar-refractivity contribution in [3.8, 4) is 0 Å². The zero-order valence-corrected chi connectivity index (χ0v) is 22.2. The Bertz CT molecular complexity index is 1230. The number of benzene rings is 3. The third kappa shape index (κ3) is 7.54. The van der Waals surface area contributed by atoms with E-state index in [1.807, 2.05) is 44.2 Å². The van der Waals surface area contributed by atoms with Crippen LogP contribution in [0.25, 0.3) is 0 Å². The van der Waals surface area contributed by atoms with Crippen molar-refractivity contribution in [3.63, 3.8) is 0 Å². The number of rotatable bonds is 11.